The number of nitrogens with one attached hydrogen (secondary N) is 1. The number of carboxylic acids is 1. The largest absolute Gasteiger partial charge is 0.481 e. The number of thioether (sulfide) groups is 1. The summed E-state index contributed by atoms with van der Waals surface area (Å²) in [6.45, 7) is 4.47. The molecule has 0 aromatic carbocycles. The Morgan fingerprint density at radius 3 is 2.47 bits per heavy atom. The van der Waals surface area contributed by atoms with E-state index in [1.54, 1.807) is 11.8 Å². The number of carbonyl (C=O) groups is 2. The minimum atomic E-state index is -0.827. The molecule has 0 saturated heterocycles. The average molecular weight is 290 g/mol. The van der Waals surface area contributed by atoms with Crippen LogP contribution < -0.4 is 11.1 Å². The number of carbonyl (C=O) groups excluding carboxylic acids is 1. The predicted molar refractivity (Wildman–Crippen MR) is 79.2 cm³/mol. The molecule has 0 bridgehead atoms. The Morgan fingerprint density at radius 1 is 1.37 bits per heavy atom. The van der Waals surface area contributed by atoms with Crippen molar-refractivity contribution in [3.8, 4) is 0 Å². The maximum absolute atomic E-state index is 11.7. The summed E-state index contributed by atoms with van der Waals surface area (Å²) >= 11 is 1.65. The maximum Gasteiger partial charge on any atom is 0.303 e. The van der Waals surface area contributed by atoms with Crippen LogP contribution in [0, 0.1) is 11.8 Å². The first-order valence-electron chi connectivity index (χ1n) is 6.60. The highest BCUT2D eigenvalue weighted by Gasteiger charge is 2.18. The second-order valence-electron chi connectivity index (χ2n) is 5.23. The Bertz CT molecular complexity index is 285. The molecule has 0 rings (SSSR count). The van der Waals surface area contributed by atoms with Crippen molar-refractivity contribution in [1.82, 2.24) is 5.32 Å². The zero-order chi connectivity index (χ0) is 14.8. The Hall–Kier alpha value is -0.750. The van der Waals surface area contributed by atoms with Gasteiger partial charge in [0.1, 0.15) is 0 Å². The highest BCUT2D eigenvalue weighted by Crippen LogP contribution is 2.14. The van der Waals surface area contributed by atoms with Gasteiger partial charge in [-0.25, -0.2) is 0 Å². The first-order chi connectivity index (χ1) is 8.86. The zero-order valence-electron chi connectivity index (χ0n) is 12.0. The molecule has 4 N–H and O–H groups in total. The average Bonchev–Trinajstić information content (AvgIpc) is 2.31. The van der Waals surface area contributed by atoms with Gasteiger partial charge in [0.15, 0.2) is 0 Å². The Labute approximate surface area is 119 Å². The third-order valence-electron chi connectivity index (χ3n) is 2.80. The fourth-order valence-electron chi connectivity index (χ4n) is 1.90. The lowest BCUT2D eigenvalue weighted by Crippen LogP contribution is -2.43. The van der Waals surface area contributed by atoms with Gasteiger partial charge in [0.25, 0.3) is 0 Å². The van der Waals surface area contributed by atoms with Crippen LogP contribution in [0.1, 0.15) is 33.1 Å². The Morgan fingerprint density at radius 2 is 2.00 bits per heavy atom. The van der Waals surface area contributed by atoms with E-state index in [9.17, 15) is 9.59 Å². The van der Waals surface area contributed by atoms with E-state index in [0.717, 1.165) is 12.2 Å². The molecule has 0 aromatic rings. The van der Waals surface area contributed by atoms with E-state index in [-0.39, 0.29) is 18.2 Å². The molecule has 0 aliphatic carbocycles. The first-order valence-corrected chi connectivity index (χ1v) is 8.00. The van der Waals surface area contributed by atoms with Crippen molar-refractivity contribution >= 4 is 23.6 Å². The van der Waals surface area contributed by atoms with Gasteiger partial charge in [0.2, 0.25) is 5.91 Å². The SMILES string of the molecule is CSCC[C@@H](N)C(=O)NC[C@H](CC(=O)O)CC(C)C. The van der Waals surface area contributed by atoms with Gasteiger partial charge in [-0.2, -0.15) is 11.8 Å². The summed E-state index contributed by atoms with van der Waals surface area (Å²) in [4.78, 5) is 22.5. The molecule has 1 amide bonds. The molecule has 0 aliphatic rings. The van der Waals surface area contributed by atoms with E-state index in [2.05, 4.69) is 5.32 Å². The van der Waals surface area contributed by atoms with Crippen LogP contribution in [0.15, 0.2) is 0 Å². The molecule has 0 saturated carbocycles. The number of aliphatic carboxylic acids is 1. The van der Waals surface area contributed by atoms with E-state index >= 15 is 0 Å². The molecule has 0 radical (unpaired) electrons. The summed E-state index contributed by atoms with van der Waals surface area (Å²) in [6.07, 6.45) is 3.47. The van der Waals surface area contributed by atoms with Crippen molar-refractivity contribution in [3.05, 3.63) is 0 Å². The van der Waals surface area contributed by atoms with E-state index in [0.29, 0.717) is 18.9 Å². The van der Waals surface area contributed by atoms with Gasteiger partial charge in [-0.1, -0.05) is 13.8 Å². The lowest BCUT2D eigenvalue weighted by Gasteiger charge is -2.19. The molecule has 0 aromatic heterocycles. The summed E-state index contributed by atoms with van der Waals surface area (Å²) < 4.78 is 0. The molecule has 112 valence electrons. The fourth-order valence-corrected chi connectivity index (χ4v) is 2.39. The lowest BCUT2D eigenvalue weighted by atomic mass is 9.94. The van der Waals surface area contributed by atoms with Crippen LogP contribution in [0.2, 0.25) is 0 Å². The lowest BCUT2D eigenvalue weighted by molar-refractivity contribution is -0.138. The van der Waals surface area contributed by atoms with Crippen molar-refractivity contribution in [3.63, 3.8) is 0 Å². The van der Waals surface area contributed by atoms with E-state index in [4.69, 9.17) is 10.8 Å². The molecular weight excluding hydrogens is 264 g/mol. The topological polar surface area (TPSA) is 92.4 Å². The van der Waals surface area contributed by atoms with Gasteiger partial charge in [0.05, 0.1) is 6.04 Å². The van der Waals surface area contributed by atoms with E-state index < -0.39 is 12.0 Å². The molecule has 0 unspecified atom stereocenters. The number of amides is 1. The number of rotatable bonds is 10. The van der Waals surface area contributed by atoms with Crippen molar-refractivity contribution in [2.75, 3.05) is 18.6 Å². The second kappa shape index (κ2) is 10.1. The summed E-state index contributed by atoms with van der Waals surface area (Å²) in [5, 5.41) is 11.6. The Balaban J connectivity index is 4.14. The van der Waals surface area contributed by atoms with Crippen LogP contribution in [0.3, 0.4) is 0 Å². The molecule has 0 heterocycles. The van der Waals surface area contributed by atoms with Gasteiger partial charge >= 0.3 is 5.97 Å². The van der Waals surface area contributed by atoms with Gasteiger partial charge < -0.3 is 16.2 Å². The van der Waals surface area contributed by atoms with Crippen LogP contribution in [0.4, 0.5) is 0 Å². The molecule has 6 heteroatoms. The van der Waals surface area contributed by atoms with Crippen LogP contribution >= 0.6 is 11.8 Å². The summed E-state index contributed by atoms with van der Waals surface area (Å²) in [5.74, 6) is 0.208. The summed E-state index contributed by atoms with van der Waals surface area (Å²) in [5.41, 5.74) is 5.75. The number of nitrogens with two attached hydrogens (primary N) is 1. The van der Waals surface area contributed by atoms with Gasteiger partial charge in [0, 0.05) is 13.0 Å². The van der Waals surface area contributed by atoms with Gasteiger partial charge in [-0.3, -0.25) is 9.59 Å². The zero-order valence-corrected chi connectivity index (χ0v) is 12.8. The van der Waals surface area contributed by atoms with Crippen molar-refractivity contribution in [1.29, 1.82) is 0 Å². The Kier molecular flexibility index (Phi) is 9.69. The predicted octanol–water partition coefficient (Wildman–Crippen LogP) is 1.32. The van der Waals surface area contributed by atoms with Crippen LogP contribution in [0.5, 0.6) is 0 Å². The molecule has 19 heavy (non-hydrogen) atoms. The number of hydrogen-bond acceptors (Lipinski definition) is 4. The number of hydrogen-bond donors (Lipinski definition) is 3. The van der Waals surface area contributed by atoms with Crippen molar-refractivity contribution in [2.45, 2.75) is 39.2 Å². The molecular formula is C13H26N2O3S. The molecule has 5 nitrogen and oxygen atoms in total. The molecule has 0 aliphatic heterocycles. The second-order valence-corrected chi connectivity index (χ2v) is 6.21. The molecule has 2 atom stereocenters. The minimum absolute atomic E-state index is 0.0331. The molecule has 0 spiro atoms. The number of carboxylic acid groups (broad SMARTS) is 1. The first kappa shape index (κ1) is 18.2. The summed E-state index contributed by atoms with van der Waals surface area (Å²) in [7, 11) is 0. The third kappa shape index (κ3) is 9.78. The van der Waals surface area contributed by atoms with Gasteiger partial charge in [-0.05, 0) is 36.7 Å². The van der Waals surface area contributed by atoms with E-state index in [1.165, 1.54) is 0 Å². The smallest absolute Gasteiger partial charge is 0.303 e. The van der Waals surface area contributed by atoms with Crippen molar-refractivity contribution < 1.29 is 14.7 Å². The highest BCUT2D eigenvalue weighted by molar-refractivity contribution is 7.98. The van der Waals surface area contributed by atoms with Crippen LogP contribution in [-0.4, -0.2) is 41.6 Å². The summed E-state index contributed by atoms with van der Waals surface area (Å²) in [6, 6.07) is -0.503. The fraction of sp³-hybridized carbons (Fsp3) is 0.846. The van der Waals surface area contributed by atoms with Gasteiger partial charge in [-0.15, -0.1) is 0 Å². The monoisotopic (exact) mass is 290 g/mol. The van der Waals surface area contributed by atoms with Crippen LogP contribution in [-0.2, 0) is 9.59 Å². The van der Waals surface area contributed by atoms with E-state index in [1.807, 2.05) is 20.1 Å². The normalized spacial score (nSPS) is 14.2. The maximum atomic E-state index is 11.7. The standard InChI is InChI=1S/C13H26N2O3S/c1-9(2)6-10(7-12(16)17)8-15-13(18)11(14)4-5-19-3/h9-11H,4-8,14H2,1-3H3,(H,15,18)(H,16,17)/t10-,11+/m0/s1. The minimum Gasteiger partial charge on any atom is -0.481 e. The van der Waals surface area contributed by atoms with Crippen LogP contribution in [0.25, 0.3) is 0 Å². The molecule has 0 fully saturated rings. The quantitative estimate of drug-likeness (QED) is 0.564. The highest BCUT2D eigenvalue weighted by atomic mass is 32.2. The van der Waals surface area contributed by atoms with Crippen molar-refractivity contribution in [2.24, 2.45) is 17.6 Å². The third-order valence-corrected chi connectivity index (χ3v) is 3.45.